The number of piperazine rings is 1. The maximum Gasteiger partial charge on any atom is 0.231 e. The molecule has 1 aliphatic carbocycles. The Morgan fingerprint density at radius 3 is 2.40 bits per heavy atom. The normalized spacial score (nSPS) is 22.2. The van der Waals surface area contributed by atoms with Gasteiger partial charge in [-0.15, -0.1) is 0 Å². The van der Waals surface area contributed by atoms with Crippen LogP contribution in [0.3, 0.4) is 0 Å². The number of amides is 1. The van der Waals surface area contributed by atoms with E-state index >= 15 is 0 Å². The van der Waals surface area contributed by atoms with Crippen LogP contribution < -0.4 is 24.3 Å². The molecule has 1 amide bonds. The van der Waals surface area contributed by atoms with Crippen LogP contribution in [0, 0.1) is 5.92 Å². The first-order valence-electron chi connectivity index (χ1n) is 15.7. The molecular weight excluding hydrogens is 630 g/mol. The highest BCUT2D eigenvalue weighted by molar-refractivity contribution is 6.35. The van der Waals surface area contributed by atoms with Crippen LogP contribution in [0.25, 0.3) is 0 Å². The third kappa shape index (κ3) is 6.33. The average Bonchev–Trinajstić information content (AvgIpc) is 3.37. The van der Waals surface area contributed by atoms with Gasteiger partial charge in [0, 0.05) is 69.0 Å². The smallest absolute Gasteiger partial charge is 0.231 e. The number of ketones is 2. The van der Waals surface area contributed by atoms with Crippen LogP contribution >= 0.6 is 11.6 Å². The van der Waals surface area contributed by atoms with E-state index in [1.54, 1.807) is 13.0 Å². The zero-order valence-electron chi connectivity index (χ0n) is 27.4. The summed E-state index contributed by atoms with van der Waals surface area (Å²) in [5.74, 6) is -3.53. The molecule has 1 saturated heterocycles. The predicted molar refractivity (Wildman–Crippen MR) is 174 cm³/mol. The van der Waals surface area contributed by atoms with Gasteiger partial charge in [0.2, 0.25) is 17.3 Å². The van der Waals surface area contributed by atoms with Crippen LogP contribution in [0.4, 0.5) is 0 Å². The van der Waals surface area contributed by atoms with E-state index in [4.69, 9.17) is 30.5 Å². The Morgan fingerprint density at radius 2 is 1.74 bits per heavy atom. The highest BCUT2D eigenvalue weighted by Gasteiger charge is 2.61. The number of hydrogen-bond acceptors (Lipinski definition) is 11. The lowest BCUT2D eigenvalue weighted by atomic mass is 9.69. The molecular formula is C34H42ClN3O9. The molecule has 1 unspecified atom stereocenters. The van der Waals surface area contributed by atoms with Gasteiger partial charge in [-0.2, -0.15) is 0 Å². The number of aromatic hydroxyl groups is 1. The topological polar surface area (TPSA) is 147 Å². The van der Waals surface area contributed by atoms with Crippen LogP contribution in [0.2, 0.25) is 5.02 Å². The zero-order valence-corrected chi connectivity index (χ0v) is 28.1. The number of hydrogen-bond donors (Lipinski definition) is 3. The molecule has 47 heavy (non-hydrogen) atoms. The van der Waals surface area contributed by atoms with Gasteiger partial charge in [0.05, 0.1) is 21.3 Å². The summed E-state index contributed by atoms with van der Waals surface area (Å²) in [7, 11) is 6.27. The number of rotatable bonds is 11. The van der Waals surface area contributed by atoms with Gasteiger partial charge in [0.1, 0.15) is 22.1 Å². The number of aliphatic hydroxyl groups excluding tert-OH is 1. The molecule has 2 aliphatic heterocycles. The Morgan fingerprint density at radius 1 is 1.06 bits per heavy atom. The number of aliphatic hydroxyl groups is 1. The first-order chi connectivity index (χ1) is 22.5. The van der Waals surface area contributed by atoms with E-state index in [0.717, 1.165) is 39.1 Å². The van der Waals surface area contributed by atoms with Gasteiger partial charge in [0.25, 0.3) is 0 Å². The number of nitrogens with zero attached hydrogens (tertiary/aromatic N) is 2. The predicted octanol–water partition coefficient (Wildman–Crippen LogP) is 3.73. The Balaban J connectivity index is 1.50. The number of nitrogens with one attached hydrogen (secondary N) is 1. The summed E-state index contributed by atoms with van der Waals surface area (Å²) >= 11 is 6.59. The van der Waals surface area contributed by atoms with Crippen LogP contribution in [0.1, 0.15) is 48.0 Å². The SMILES string of the molecule is COc1cc(C(CC(=O)NCCCN2CCN(C)CC2)C2=C(O)[C@@]3(Oc4c(Cl)c(OC)cc(OC)c4C3=O)[C@H](C)CC2=O)ccc1O. The number of halogens is 1. The second-order valence-corrected chi connectivity index (χ2v) is 12.7. The number of carbonyl (C=O) groups is 3. The largest absolute Gasteiger partial charge is 0.507 e. The molecule has 5 rings (SSSR count). The van der Waals surface area contributed by atoms with Crippen LogP contribution in [0.5, 0.6) is 28.7 Å². The lowest BCUT2D eigenvalue weighted by molar-refractivity contribution is -0.121. The fourth-order valence-electron chi connectivity index (χ4n) is 6.70. The maximum absolute atomic E-state index is 14.3. The number of phenolic OH excluding ortho intramolecular Hbond substituents is 1. The molecule has 0 radical (unpaired) electrons. The van der Waals surface area contributed by atoms with Crippen molar-refractivity contribution >= 4 is 29.1 Å². The van der Waals surface area contributed by atoms with E-state index in [1.807, 2.05) is 0 Å². The molecule has 2 aromatic carbocycles. The third-order valence-corrected chi connectivity index (χ3v) is 9.78. The van der Waals surface area contributed by atoms with E-state index in [2.05, 4.69) is 22.2 Å². The first kappa shape index (κ1) is 34.3. The number of Topliss-reactive ketones (excluding diaryl/α,β-unsaturated/α-hetero) is 2. The lowest BCUT2D eigenvalue weighted by Crippen LogP contribution is -2.53. The third-order valence-electron chi connectivity index (χ3n) is 9.42. The number of benzene rings is 2. The summed E-state index contributed by atoms with van der Waals surface area (Å²) in [5, 5.41) is 25.3. The van der Waals surface area contributed by atoms with E-state index in [9.17, 15) is 24.6 Å². The molecule has 3 atom stereocenters. The Kier molecular flexibility index (Phi) is 10.2. The average molecular weight is 672 g/mol. The number of carbonyl (C=O) groups excluding carboxylic acids is 3. The summed E-state index contributed by atoms with van der Waals surface area (Å²) in [6, 6.07) is 5.91. The quantitative estimate of drug-likeness (QED) is 0.300. The minimum absolute atomic E-state index is 0.0164. The second kappa shape index (κ2) is 14.0. The number of fused-ring (bicyclic) bond motifs is 1. The van der Waals surface area contributed by atoms with Gasteiger partial charge < -0.3 is 44.3 Å². The van der Waals surface area contributed by atoms with Crippen molar-refractivity contribution in [3.63, 3.8) is 0 Å². The highest BCUT2D eigenvalue weighted by Crippen LogP contribution is 2.56. The van der Waals surface area contributed by atoms with Crippen molar-refractivity contribution < 1.29 is 43.5 Å². The van der Waals surface area contributed by atoms with Crippen LogP contribution in [-0.4, -0.2) is 111 Å². The summed E-state index contributed by atoms with van der Waals surface area (Å²) in [5.41, 5.74) is -1.70. The number of allylic oxidation sites excluding steroid dienone is 1. The molecule has 12 nitrogen and oxygen atoms in total. The number of ether oxygens (including phenoxy) is 4. The Hall–Kier alpha value is -4.00. The van der Waals surface area contributed by atoms with E-state index in [-0.39, 0.29) is 63.7 Å². The van der Waals surface area contributed by atoms with E-state index < -0.39 is 34.8 Å². The summed E-state index contributed by atoms with van der Waals surface area (Å²) in [4.78, 5) is 46.2. The Labute approximate surface area is 279 Å². The molecule has 3 aliphatic rings. The van der Waals surface area contributed by atoms with Gasteiger partial charge in [-0.05, 0) is 37.7 Å². The van der Waals surface area contributed by atoms with E-state index in [0.29, 0.717) is 12.1 Å². The molecule has 2 aromatic rings. The van der Waals surface area contributed by atoms with Gasteiger partial charge >= 0.3 is 0 Å². The number of likely N-dealkylation sites (N-methyl/N-ethyl adjacent to an activating group) is 1. The zero-order chi connectivity index (χ0) is 34.0. The summed E-state index contributed by atoms with van der Waals surface area (Å²) in [6.45, 7) is 6.85. The molecule has 2 heterocycles. The molecule has 254 valence electrons. The van der Waals surface area contributed by atoms with Crippen molar-refractivity contribution in [2.75, 3.05) is 67.6 Å². The molecule has 1 fully saturated rings. The molecule has 1 spiro atoms. The van der Waals surface area contributed by atoms with Crippen LogP contribution in [0.15, 0.2) is 35.6 Å². The molecule has 0 aromatic heterocycles. The lowest BCUT2D eigenvalue weighted by Gasteiger charge is -2.38. The molecule has 0 saturated carbocycles. The summed E-state index contributed by atoms with van der Waals surface area (Å²) < 4.78 is 22.4. The molecule has 0 bridgehead atoms. The van der Waals surface area contributed by atoms with E-state index in [1.165, 1.54) is 39.5 Å². The molecule has 3 N–H and O–H groups in total. The minimum atomic E-state index is -2.01. The minimum Gasteiger partial charge on any atom is -0.507 e. The van der Waals surface area contributed by atoms with Crippen molar-refractivity contribution in [2.45, 2.75) is 37.7 Å². The Bertz CT molecular complexity index is 1590. The van der Waals surface area contributed by atoms with Crippen molar-refractivity contribution in [1.82, 2.24) is 15.1 Å². The number of methoxy groups -OCH3 is 3. The fourth-order valence-corrected chi connectivity index (χ4v) is 6.96. The fraction of sp³-hybridized carbons (Fsp3) is 0.500. The van der Waals surface area contributed by atoms with Gasteiger partial charge in [0.15, 0.2) is 28.8 Å². The van der Waals surface area contributed by atoms with Crippen molar-refractivity contribution in [1.29, 1.82) is 0 Å². The van der Waals surface area contributed by atoms with Gasteiger partial charge in [-0.1, -0.05) is 24.6 Å². The monoisotopic (exact) mass is 671 g/mol. The standard InChI is InChI=1S/C34H42ClN3O9/c1-19-15-23(40)28(32(42)34(19)33(43)29-25(45-4)18-26(46-5)30(35)31(29)47-34)21(20-7-8-22(39)24(16-20)44-3)17-27(41)36-9-6-10-38-13-11-37(2)12-14-38/h7-8,16,18-19,21,39,42H,6,9-15,17H2,1-5H3,(H,36,41)/t19-,21?,34+/m1/s1. The second-order valence-electron chi connectivity index (χ2n) is 12.3. The highest BCUT2D eigenvalue weighted by atomic mass is 35.5. The van der Waals surface area contributed by atoms with Crippen molar-refractivity contribution in [2.24, 2.45) is 5.92 Å². The summed E-state index contributed by atoms with van der Waals surface area (Å²) in [6.07, 6.45) is 0.360. The first-order valence-corrected chi connectivity index (χ1v) is 16.0. The molecule has 13 heteroatoms. The maximum atomic E-state index is 14.3. The van der Waals surface area contributed by atoms with Gasteiger partial charge in [-0.3, -0.25) is 14.4 Å². The number of phenols is 1. The van der Waals surface area contributed by atoms with Crippen molar-refractivity contribution in [3.8, 4) is 28.7 Å². The van der Waals surface area contributed by atoms with Crippen LogP contribution in [-0.2, 0) is 9.59 Å². The van der Waals surface area contributed by atoms with Gasteiger partial charge in [-0.25, -0.2) is 0 Å². The van der Waals surface area contributed by atoms with Crippen molar-refractivity contribution in [3.05, 3.63) is 51.7 Å².